The molecule has 1 aliphatic heterocycles. The number of nitrogens with zero attached hydrogens (tertiary/aromatic N) is 3. The summed E-state index contributed by atoms with van der Waals surface area (Å²) in [6.45, 7) is 1.88. The van der Waals surface area contributed by atoms with Crippen molar-refractivity contribution in [3.05, 3.63) is 24.0 Å². The van der Waals surface area contributed by atoms with Crippen molar-refractivity contribution < 1.29 is 32.2 Å². The lowest BCUT2D eigenvalue weighted by molar-refractivity contribution is -0.141. The Balaban J connectivity index is 1.40. The summed E-state index contributed by atoms with van der Waals surface area (Å²) in [6.07, 6.45) is 0.183. The molecular formula is C20H26F3N3O4. The summed E-state index contributed by atoms with van der Waals surface area (Å²) in [4.78, 5) is 30.5. The molecule has 1 aromatic rings. The Labute approximate surface area is 173 Å². The molecule has 0 unspecified atom stereocenters. The van der Waals surface area contributed by atoms with Crippen molar-refractivity contribution in [1.29, 1.82) is 0 Å². The third-order valence-corrected chi connectivity index (χ3v) is 5.57. The van der Waals surface area contributed by atoms with Crippen molar-refractivity contribution in [2.45, 2.75) is 50.8 Å². The standard InChI is InChI=1S/C20H26F3N3O4/c1-25(15-6-9-17(24-12-15)20(21,22)23)18(27)30-16-7-4-14(5-8-16)13-29-19(28)26-10-2-3-11-26/h6,9,12,14,16H,2-5,7-8,10-11,13H2,1H3. The van der Waals surface area contributed by atoms with E-state index in [9.17, 15) is 22.8 Å². The summed E-state index contributed by atoms with van der Waals surface area (Å²) < 4.78 is 48.7. The van der Waals surface area contributed by atoms with E-state index in [0.717, 1.165) is 55.9 Å². The molecule has 0 radical (unpaired) electrons. The maximum absolute atomic E-state index is 12.6. The van der Waals surface area contributed by atoms with Crippen LogP contribution in [0.2, 0.25) is 0 Å². The first kappa shape index (κ1) is 22.2. The van der Waals surface area contributed by atoms with E-state index in [0.29, 0.717) is 19.4 Å². The van der Waals surface area contributed by atoms with Gasteiger partial charge in [0, 0.05) is 20.1 Å². The van der Waals surface area contributed by atoms with Crippen LogP contribution in [0.3, 0.4) is 0 Å². The Bertz CT molecular complexity index is 728. The molecule has 1 saturated heterocycles. The van der Waals surface area contributed by atoms with Crippen LogP contribution in [0.4, 0.5) is 28.4 Å². The maximum Gasteiger partial charge on any atom is 0.433 e. The highest BCUT2D eigenvalue weighted by molar-refractivity contribution is 5.86. The quantitative estimate of drug-likeness (QED) is 0.707. The zero-order chi connectivity index (χ0) is 21.7. The fourth-order valence-corrected chi connectivity index (χ4v) is 3.68. The van der Waals surface area contributed by atoms with Crippen molar-refractivity contribution in [2.24, 2.45) is 5.92 Å². The number of ether oxygens (including phenoxy) is 2. The third kappa shape index (κ3) is 5.76. The van der Waals surface area contributed by atoms with Gasteiger partial charge in [-0.3, -0.25) is 4.90 Å². The molecule has 166 valence electrons. The lowest BCUT2D eigenvalue weighted by Gasteiger charge is -2.29. The number of halogens is 3. The van der Waals surface area contributed by atoms with Crippen molar-refractivity contribution >= 4 is 17.9 Å². The fourth-order valence-electron chi connectivity index (χ4n) is 3.68. The van der Waals surface area contributed by atoms with Gasteiger partial charge in [0.1, 0.15) is 11.8 Å². The molecule has 1 aliphatic carbocycles. The van der Waals surface area contributed by atoms with Crippen LogP contribution < -0.4 is 4.90 Å². The zero-order valence-electron chi connectivity index (χ0n) is 16.9. The minimum absolute atomic E-state index is 0.218. The number of amides is 2. The summed E-state index contributed by atoms with van der Waals surface area (Å²) >= 11 is 0. The van der Waals surface area contributed by atoms with Crippen LogP contribution in [0.1, 0.15) is 44.2 Å². The number of carbonyl (C=O) groups is 2. The number of carbonyl (C=O) groups excluding carboxylic acids is 2. The molecule has 0 atom stereocenters. The summed E-state index contributed by atoms with van der Waals surface area (Å²) in [5, 5.41) is 0. The van der Waals surface area contributed by atoms with E-state index in [1.807, 2.05) is 0 Å². The van der Waals surface area contributed by atoms with Gasteiger partial charge in [0.15, 0.2) is 0 Å². The van der Waals surface area contributed by atoms with Crippen LogP contribution in [0, 0.1) is 5.92 Å². The predicted octanol–water partition coefficient (Wildman–Crippen LogP) is 4.46. The maximum atomic E-state index is 12.6. The number of hydrogen-bond acceptors (Lipinski definition) is 5. The zero-order valence-corrected chi connectivity index (χ0v) is 16.9. The fraction of sp³-hybridized carbons (Fsp3) is 0.650. The Morgan fingerprint density at radius 3 is 2.40 bits per heavy atom. The molecule has 0 bridgehead atoms. The van der Waals surface area contributed by atoms with E-state index in [1.54, 1.807) is 4.90 Å². The Morgan fingerprint density at radius 1 is 1.17 bits per heavy atom. The summed E-state index contributed by atoms with van der Waals surface area (Å²) in [6, 6.07) is 2.01. The number of likely N-dealkylation sites (tertiary alicyclic amines) is 1. The monoisotopic (exact) mass is 429 g/mol. The van der Waals surface area contributed by atoms with E-state index in [4.69, 9.17) is 9.47 Å². The molecule has 2 heterocycles. The Morgan fingerprint density at radius 2 is 1.83 bits per heavy atom. The molecule has 0 aromatic carbocycles. The van der Waals surface area contributed by atoms with E-state index in [-0.39, 0.29) is 23.8 Å². The largest absolute Gasteiger partial charge is 0.449 e. The number of aromatic nitrogens is 1. The molecule has 0 spiro atoms. The second-order valence-electron chi connectivity index (χ2n) is 7.76. The van der Waals surface area contributed by atoms with Crippen LogP contribution >= 0.6 is 0 Å². The topological polar surface area (TPSA) is 72.0 Å². The second-order valence-corrected chi connectivity index (χ2v) is 7.76. The van der Waals surface area contributed by atoms with Crippen molar-refractivity contribution in [3.63, 3.8) is 0 Å². The summed E-state index contributed by atoms with van der Waals surface area (Å²) in [5.74, 6) is 0.239. The minimum atomic E-state index is -4.53. The molecule has 10 heteroatoms. The first-order chi connectivity index (χ1) is 14.2. The molecule has 2 aliphatic rings. The Hall–Kier alpha value is -2.52. The van der Waals surface area contributed by atoms with Gasteiger partial charge in [-0.05, 0) is 56.6 Å². The van der Waals surface area contributed by atoms with Gasteiger partial charge in [-0.25, -0.2) is 14.6 Å². The average molecular weight is 429 g/mol. The van der Waals surface area contributed by atoms with Gasteiger partial charge in [0.2, 0.25) is 0 Å². The number of hydrogen-bond donors (Lipinski definition) is 0. The normalized spacial score (nSPS) is 21.9. The summed E-state index contributed by atoms with van der Waals surface area (Å²) in [5.41, 5.74) is -0.799. The molecule has 2 amide bonds. The summed E-state index contributed by atoms with van der Waals surface area (Å²) in [7, 11) is 1.43. The van der Waals surface area contributed by atoms with Crippen molar-refractivity contribution in [2.75, 3.05) is 31.6 Å². The lowest BCUT2D eigenvalue weighted by atomic mass is 9.88. The predicted molar refractivity (Wildman–Crippen MR) is 102 cm³/mol. The van der Waals surface area contributed by atoms with Gasteiger partial charge < -0.3 is 14.4 Å². The first-order valence-electron chi connectivity index (χ1n) is 10.1. The molecule has 1 saturated carbocycles. The smallest absolute Gasteiger partial charge is 0.433 e. The number of pyridine rings is 1. The van der Waals surface area contributed by atoms with Crippen LogP contribution in [0.25, 0.3) is 0 Å². The number of alkyl halides is 3. The molecule has 2 fully saturated rings. The van der Waals surface area contributed by atoms with Crippen LogP contribution in [0.5, 0.6) is 0 Å². The van der Waals surface area contributed by atoms with E-state index >= 15 is 0 Å². The van der Waals surface area contributed by atoms with Gasteiger partial charge in [0.05, 0.1) is 18.5 Å². The third-order valence-electron chi connectivity index (χ3n) is 5.57. The molecule has 7 nitrogen and oxygen atoms in total. The lowest BCUT2D eigenvalue weighted by Crippen LogP contribution is -2.34. The molecule has 0 N–H and O–H groups in total. The number of rotatable bonds is 4. The molecular weight excluding hydrogens is 403 g/mol. The SMILES string of the molecule is CN(C(=O)OC1CCC(COC(=O)N2CCCC2)CC1)c1ccc(C(F)(F)F)nc1. The molecule has 3 rings (SSSR count). The Kier molecular flexibility index (Phi) is 7.04. The average Bonchev–Trinajstić information content (AvgIpc) is 3.27. The number of anilines is 1. The highest BCUT2D eigenvalue weighted by atomic mass is 19.4. The highest BCUT2D eigenvalue weighted by Crippen LogP contribution is 2.29. The second kappa shape index (κ2) is 9.53. The molecule has 30 heavy (non-hydrogen) atoms. The van der Waals surface area contributed by atoms with Crippen LogP contribution in [-0.4, -0.2) is 54.9 Å². The van der Waals surface area contributed by atoms with E-state index < -0.39 is 18.0 Å². The molecule has 1 aromatic heterocycles. The van der Waals surface area contributed by atoms with Gasteiger partial charge in [-0.1, -0.05) is 0 Å². The van der Waals surface area contributed by atoms with Crippen molar-refractivity contribution in [1.82, 2.24) is 9.88 Å². The van der Waals surface area contributed by atoms with Gasteiger partial charge in [-0.15, -0.1) is 0 Å². The van der Waals surface area contributed by atoms with Gasteiger partial charge in [-0.2, -0.15) is 13.2 Å². The van der Waals surface area contributed by atoms with E-state index in [1.165, 1.54) is 13.1 Å². The van der Waals surface area contributed by atoms with Crippen LogP contribution in [0.15, 0.2) is 18.3 Å². The van der Waals surface area contributed by atoms with Crippen LogP contribution in [-0.2, 0) is 15.7 Å². The minimum Gasteiger partial charge on any atom is -0.449 e. The van der Waals surface area contributed by atoms with Gasteiger partial charge in [0.25, 0.3) is 0 Å². The van der Waals surface area contributed by atoms with Crippen molar-refractivity contribution in [3.8, 4) is 0 Å². The highest BCUT2D eigenvalue weighted by Gasteiger charge is 2.32. The first-order valence-corrected chi connectivity index (χ1v) is 10.1. The van der Waals surface area contributed by atoms with E-state index in [2.05, 4.69) is 4.98 Å². The van der Waals surface area contributed by atoms with Gasteiger partial charge >= 0.3 is 18.4 Å².